The summed E-state index contributed by atoms with van der Waals surface area (Å²) in [7, 11) is 0. The Morgan fingerprint density at radius 3 is 2.56 bits per heavy atom. The second kappa shape index (κ2) is 9.99. The molecule has 0 radical (unpaired) electrons. The van der Waals surface area contributed by atoms with E-state index in [1.807, 2.05) is 79.4 Å². The van der Waals surface area contributed by atoms with Crippen LogP contribution in [0.3, 0.4) is 0 Å². The van der Waals surface area contributed by atoms with Gasteiger partial charge in [0.15, 0.2) is 17.1 Å². The second-order valence-electron chi connectivity index (χ2n) is 8.10. The lowest BCUT2D eigenvalue weighted by atomic mass is 10.1. The van der Waals surface area contributed by atoms with Crippen LogP contribution in [-0.4, -0.2) is 39.8 Å². The summed E-state index contributed by atoms with van der Waals surface area (Å²) < 4.78 is 15.1. The Morgan fingerprint density at radius 1 is 1.06 bits per heavy atom. The van der Waals surface area contributed by atoms with Crippen LogP contribution < -0.4 is 20.3 Å². The zero-order chi connectivity index (χ0) is 24.2. The number of aryl methyl sites for hydroxylation is 1. The standard InChI is InChI=1S/C26H30N4O4/c1-5-33-22-12-11-19(16-23(22)34-6-2)13-14-27-26(32)18(4)30-21-10-8-7-9-20(21)25-28-24(31)15-17(3)29(25)30/h7-12,15-16,18H,5-6,13-14H2,1-4H3,(H,27,32). The fraction of sp³-hybridized carbons (Fsp3) is 0.346. The summed E-state index contributed by atoms with van der Waals surface area (Å²) in [6, 6.07) is 14.5. The van der Waals surface area contributed by atoms with Crippen LogP contribution in [0.5, 0.6) is 11.5 Å². The predicted octanol–water partition coefficient (Wildman–Crippen LogP) is 3.67. The Bertz CT molecular complexity index is 1390. The Kier molecular flexibility index (Phi) is 6.86. The van der Waals surface area contributed by atoms with Crippen LogP contribution in [0.4, 0.5) is 0 Å². The normalized spacial score (nSPS) is 12.1. The molecule has 0 fully saturated rings. The first kappa shape index (κ1) is 23.4. The molecule has 34 heavy (non-hydrogen) atoms. The highest BCUT2D eigenvalue weighted by Gasteiger charge is 2.22. The van der Waals surface area contributed by atoms with Crippen molar-refractivity contribution in [2.45, 2.75) is 40.2 Å². The molecule has 1 unspecified atom stereocenters. The molecule has 2 aromatic carbocycles. The lowest BCUT2D eigenvalue weighted by Gasteiger charge is -2.18. The molecule has 0 saturated carbocycles. The minimum atomic E-state index is -0.510. The molecule has 1 amide bonds. The van der Waals surface area contributed by atoms with E-state index in [2.05, 4.69) is 10.3 Å². The molecule has 4 rings (SSSR count). The van der Waals surface area contributed by atoms with E-state index in [1.54, 1.807) is 0 Å². The number of aromatic nitrogens is 3. The van der Waals surface area contributed by atoms with Crippen LogP contribution >= 0.6 is 0 Å². The number of carbonyl (C=O) groups excluding carboxylic acids is 1. The summed E-state index contributed by atoms with van der Waals surface area (Å²) in [5.74, 6) is 1.32. The minimum absolute atomic E-state index is 0.114. The van der Waals surface area contributed by atoms with Crippen LogP contribution in [0.15, 0.2) is 53.3 Å². The summed E-state index contributed by atoms with van der Waals surface area (Å²) in [5.41, 5.74) is 2.88. The molecule has 2 aromatic heterocycles. The van der Waals surface area contributed by atoms with E-state index in [0.29, 0.717) is 37.6 Å². The maximum absolute atomic E-state index is 13.1. The number of hydrogen-bond acceptors (Lipinski definition) is 5. The second-order valence-corrected chi connectivity index (χ2v) is 8.10. The van der Waals surface area contributed by atoms with E-state index < -0.39 is 6.04 Å². The van der Waals surface area contributed by atoms with Crippen LogP contribution in [0.25, 0.3) is 16.6 Å². The van der Waals surface area contributed by atoms with Gasteiger partial charge in [0.05, 0.1) is 18.7 Å². The van der Waals surface area contributed by atoms with Crippen molar-refractivity contribution in [2.75, 3.05) is 19.8 Å². The first-order valence-corrected chi connectivity index (χ1v) is 11.6. The molecule has 8 heteroatoms. The molecule has 4 aromatic rings. The van der Waals surface area contributed by atoms with Crippen molar-refractivity contribution in [3.63, 3.8) is 0 Å². The third-order valence-corrected chi connectivity index (χ3v) is 5.76. The number of benzene rings is 2. The molecule has 0 spiro atoms. The highest BCUT2D eigenvalue weighted by atomic mass is 16.5. The maximum Gasteiger partial charge on any atom is 0.273 e. The van der Waals surface area contributed by atoms with E-state index >= 15 is 0 Å². The lowest BCUT2D eigenvalue weighted by molar-refractivity contribution is -0.124. The monoisotopic (exact) mass is 462 g/mol. The van der Waals surface area contributed by atoms with Gasteiger partial charge in [0.1, 0.15) is 6.04 Å². The van der Waals surface area contributed by atoms with Gasteiger partial charge in [0.25, 0.3) is 5.56 Å². The number of fused-ring (bicyclic) bond motifs is 3. The Morgan fingerprint density at radius 2 is 1.79 bits per heavy atom. The summed E-state index contributed by atoms with van der Waals surface area (Å²) in [4.78, 5) is 29.4. The maximum atomic E-state index is 13.1. The fourth-order valence-corrected chi connectivity index (χ4v) is 4.23. The van der Waals surface area contributed by atoms with Gasteiger partial charge in [-0.05, 0) is 63.9 Å². The largest absolute Gasteiger partial charge is 0.490 e. The van der Waals surface area contributed by atoms with Gasteiger partial charge in [-0.1, -0.05) is 18.2 Å². The third-order valence-electron chi connectivity index (χ3n) is 5.76. The van der Waals surface area contributed by atoms with E-state index in [-0.39, 0.29) is 11.5 Å². The lowest BCUT2D eigenvalue weighted by Crippen LogP contribution is -2.34. The van der Waals surface area contributed by atoms with Gasteiger partial charge in [-0.2, -0.15) is 4.98 Å². The molecule has 0 bridgehead atoms. The predicted molar refractivity (Wildman–Crippen MR) is 132 cm³/mol. The van der Waals surface area contributed by atoms with Gasteiger partial charge in [0.2, 0.25) is 5.91 Å². The average molecular weight is 463 g/mol. The number of para-hydroxylation sites is 1. The van der Waals surface area contributed by atoms with Crippen molar-refractivity contribution in [1.29, 1.82) is 0 Å². The summed E-state index contributed by atoms with van der Waals surface area (Å²) in [5, 5.41) is 3.88. The molecule has 0 aliphatic rings. The van der Waals surface area contributed by atoms with Crippen LogP contribution in [0.2, 0.25) is 0 Å². The molecule has 2 heterocycles. The highest BCUT2D eigenvalue weighted by molar-refractivity contribution is 5.94. The van der Waals surface area contributed by atoms with E-state index in [0.717, 1.165) is 27.9 Å². The van der Waals surface area contributed by atoms with Crippen LogP contribution in [0, 0.1) is 6.92 Å². The van der Waals surface area contributed by atoms with Gasteiger partial charge in [-0.3, -0.25) is 14.3 Å². The molecule has 0 saturated heterocycles. The van der Waals surface area contributed by atoms with Crippen molar-refractivity contribution in [3.05, 3.63) is 70.1 Å². The van der Waals surface area contributed by atoms with Crippen molar-refractivity contribution in [2.24, 2.45) is 0 Å². The number of nitrogens with zero attached hydrogens (tertiary/aromatic N) is 3. The SMILES string of the molecule is CCOc1ccc(CCNC(=O)C(C)n2c3ccccc3c3nc(=O)cc(C)n32)cc1OCC. The molecular formula is C26H30N4O4. The van der Waals surface area contributed by atoms with Gasteiger partial charge < -0.3 is 14.8 Å². The number of rotatable bonds is 9. The molecule has 1 atom stereocenters. The Balaban J connectivity index is 1.54. The molecule has 0 aliphatic carbocycles. The smallest absolute Gasteiger partial charge is 0.273 e. The molecule has 1 N–H and O–H groups in total. The number of nitrogens with one attached hydrogen (secondary N) is 1. The summed E-state index contributed by atoms with van der Waals surface area (Å²) >= 11 is 0. The number of carbonyl (C=O) groups is 1. The summed E-state index contributed by atoms with van der Waals surface area (Å²) in [6.45, 7) is 9.17. The van der Waals surface area contributed by atoms with Crippen molar-refractivity contribution < 1.29 is 14.3 Å². The topological polar surface area (TPSA) is 86.9 Å². The van der Waals surface area contributed by atoms with Crippen molar-refractivity contribution in [3.8, 4) is 11.5 Å². The zero-order valence-corrected chi connectivity index (χ0v) is 20.0. The number of hydrogen-bond donors (Lipinski definition) is 1. The first-order valence-electron chi connectivity index (χ1n) is 11.6. The fourth-order valence-electron chi connectivity index (χ4n) is 4.23. The zero-order valence-electron chi connectivity index (χ0n) is 20.0. The summed E-state index contributed by atoms with van der Waals surface area (Å²) in [6.07, 6.45) is 0.658. The van der Waals surface area contributed by atoms with E-state index in [1.165, 1.54) is 6.07 Å². The Hall–Kier alpha value is -3.81. The molecule has 8 nitrogen and oxygen atoms in total. The van der Waals surface area contributed by atoms with Gasteiger partial charge >= 0.3 is 0 Å². The van der Waals surface area contributed by atoms with Crippen molar-refractivity contribution >= 4 is 22.5 Å². The van der Waals surface area contributed by atoms with Gasteiger partial charge in [-0.15, -0.1) is 0 Å². The molecule has 0 aliphatic heterocycles. The minimum Gasteiger partial charge on any atom is -0.490 e. The Labute approximate surface area is 198 Å². The molecule has 178 valence electrons. The number of amides is 1. The quantitative estimate of drug-likeness (QED) is 0.410. The highest BCUT2D eigenvalue weighted by Crippen LogP contribution is 2.29. The van der Waals surface area contributed by atoms with Gasteiger partial charge in [0, 0.05) is 23.7 Å². The number of ether oxygens (including phenoxy) is 2. The molecular weight excluding hydrogens is 432 g/mol. The third kappa shape index (κ3) is 4.48. The first-order chi connectivity index (χ1) is 16.4. The van der Waals surface area contributed by atoms with Crippen molar-refractivity contribution in [1.82, 2.24) is 19.5 Å². The van der Waals surface area contributed by atoms with E-state index in [4.69, 9.17) is 9.47 Å². The van der Waals surface area contributed by atoms with Crippen LogP contribution in [-0.2, 0) is 11.2 Å². The van der Waals surface area contributed by atoms with Crippen LogP contribution in [0.1, 0.15) is 38.1 Å². The average Bonchev–Trinajstić information content (AvgIpc) is 3.15. The van der Waals surface area contributed by atoms with Gasteiger partial charge in [-0.25, -0.2) is 4.52 Å². The van der Waals surface area contributed by atoms with E-state index in [9.17, 15) is 9.59 Å².